The lowest BCUT2D eigenvalue weighted by Gasteiger charge is -2.19. The van der Waals surface area contributed by atoms with Crippen LogP contribution in [0.1, 0.15) is 37.3 Å². The number of aromatic nitrogens is 3. The van der Waals surface area contributed by atoms with Gasteiger partial charge in [0.05, 0.1) is 16.1 Å². The van der Waals surface area contributed by atoms with Crippen molar-refractivity contribution in [3.8, 4) is 5.88 Å². The molecule has 7 nitrogen and oxygen atoms in total. The summed E-state index contributed by atoms with van der Waals surface area (Å²) in [7, 11) is 2.96. The number of aryl methyl sites for hydroxylation is 1. The van der Waals surface area contributed by atoms with E-state index in [0.29, 0.717) is 18.4 Å². The molecule has 50 heavy (non-hydrogen) atoms. The summed E-state index contributed by atoms with van der Waals surface area (Å²) in [4.78, 5) is 30.1. The predicted molar refractivity (Wildman–Crippen MR) is 208 cm³/mol. The first kappa shape index (κ1) is 32.1. The van der Waals surface area contributed by atoms with Crippen molar-refractivity contribution in [3.05, 3.63) is 139 Å². The van der Waals surface area contributed by atoms with Crippen molar-refractivity contribution in [1.29, 1.82) is 0 Å². The van der Waals surface area contributed by atoms with Crippen LogP contribution in [-0.2, 0) is 20.6 Å². The second kappa shape index (κ2) is 12.6. The van der Waals surface area contributed by atoms with Crippen LogP contribution < -0.4 is 20.7 Å². The second-order valence-corrected chi connectivity index (χ2v) is 14.8. The summed E-state index contributed by atoms with van der Waals surface area (Å²) in [5, 5.41) is 18.4. The number of thioether (sulfide) groups is 1. The molecule has 1 aliphatic carbocycles. The minimum atomic E-state index is -0.563. The van der Waals surface area contributed by atoms with Crippen LogP contribution in [0.4, 0.5) is 5.69 Å². The molecule has 0 spiro atoms. The van der Waals surface area contributed by atoms with E-state index in [2.05, 4.69) is 120 Å². The minimum absolute atomic E-state index is 0.155. The first-order valence-corrected chi connectivity index (χ1v) is 18.6. The standard InChI is InChI=1S/C41H36N4O3S2/c1-5-44-33(49-31-21-17-25-11-7-9-13-29(25)37(31)44)23-19-27-15-16-28(35(27)36-39(46)42(3)41(48)43(4)40(36)47)20-24-34-45(6-2)38-30-14-10-8-12-26(30)18-22-32(38)50-34/h7-14,17-24H,5-6,15-16H2,1-4H3/p+1. The lowest BCUT2D eigenvalue weighted by molar-refractivity contribution is -0.664. The molecule has 1 N–H and O–H groups in total. The normalized spacial score (nSPS) is 16.4. The Morgan fingerprint density at radius 1 is 0.840 bits per heavy atom. The number of allylic oxidation sites excluding steroid dienone is 6. The van der Waals surface area contributed by atoms with Crippen LogP contribution in [0.15, 0.2) is 122 Å². The van der Waals surface area contributed by atoms with Crippen LogP contribution >= 0.6 is 23.1 Å². The molecule has 2 aromatic heterocycles. The second-order valence-electron chi connectivity index (χ2n) is 12.6. The zero-order chi connectivity index (χ0) is 34.7. The van der Waals surface area contributed by atoms with E-state index in [1.54, 1.807) is 23.1 Å². The maximum atomic E-state index is 13.8. The molecule has 0 atom stereocenters. The van der Waals surface area contributed by atoms with Crippen LogP contribution in [-0.4, -0.2) is 20.8 Å². The Hall–Kier alpha value is -5.12. The topological polar surface area (TPSA) is 71.3 Å². The van der Waals surface area contributed by atoms with Gasteiger partial charge in [-0.1, -0.05) is 89.8 Å². The highest BCUT2D eigenvalue weighted by atomic mass is 32.2. The molecule has 0 radical (unpaired) electrons. The maximum absolute atomic E-state index is 13.8. The van der Waals surface area contributed by atoms with E-state index < -0.39 is 11.2 Å². The van der Waals surface area contributed by atoms with Gasteiger partial charge in [0.25, 0.3) is 10.6 Å². The van der Waals surface area contributed by atoms with Crippen molar-refractivity contribution in [3.63, 3.8) is 0 Å². The van der Waals surface area contributed by atoms with E-state index in [1.165, 1.54) is 56.4 Å². The van der Waals surface area contributed by atoms with Crippen LogP contribution in [0.25, 0.3) is 43.4 Å². The number of anilines is 1. The lowest BCUT2D eigenvalue weighted by Crippen LogP contribution is -2.38. The summed E-state index contributed by atoms with van der Waals surface area (Å²) in [6.45, 7) is 5.94. The zero-order valence-electron chi connectivity index (χ0n) is 28.4. The SMILES string of the molecule is CCN1C(=CC=C2CCC(C=Cc3sc4ccc5ccccc5c4[n+]3CC)=C2c2c(O)n(C)c(=O)n(C)c2=O)Sc2ccc3ccccc3c21. The number of hydrogen-bond acceptors (Lipinski definition) is 6. The van der Waals surface area contributed by atoms with Crippen molar-refractivity contribution in [2.24, 2.45) is 14.1 Å². The van der Waals surface area contributed by atoms with E-state index in [-0.39, 0.29) is 11.4 Å². The zero-order valence-corrected chi connectivity index (χ0v) is 30.1. The van der Waals surface area contributed by atoms with Crippen LogP contribution in [0.2, 0.25) is 0 Å². The minimum Gasteiger partial charge on any atom is -0.494 e. The van der Waals surface area contributed by atoms with Crippen molar-refractivity contribution in [2.75, 3.05) is 11.4 Å². The fourth-order valence-corrected chi connectivity index (χ4v) is 9.69. The number of fused-ring (bicyclic) bond motifs is 6. The number of aromatic hydroxyl groups is 1. The molecule has 1 aliphatic heterocycles. The van der Waals surface area contributed by atoms with Gasteiger partial charge in [-0.2, -0.15) is 4.57 Å². The molecule has 3 heterocycles. The van der Waals surface area contributed by atoms with Gasteiger partial charge in [0, 0.05) is 37.0 Å². The van der Waals surface area contributed by atoms with Crippen molar-refractivity contribution < 1.29 is 9.67 Å². The summed E-state index contributed by atoms with van der Waals surface area (Å²) >= 11 is 3.49. The third-order valence-electron chi connectivity index (χ3n) is 9.90. The number of rotatable bonds is 6. The number of nitrogens with zero attached hydrogens (tertiary/aromatic N) is 4. The summed E-state index contributed by atoms with van der Waals surface area (Å²) in [6, 6.07) is 25.7. The van der Waals surface area contributed by atoms with Crippen molar-refractivity contribution in [1.82, 2.24) is 9.13 Å². The first-order chi connectivity index (χ1) is 24.3. The van der Waals surface area contributed by atoms with E-state index in [0.717, 1.165) is 43.4 Å². The molecular weight excluding hydrogens is 661 g/mol. The van der Waals surface area contributed by atoms with Gasteiger partial charge in [-0.3, -0.25) is 13.9 Å². The molecule has 0 saturated heterocycles. The average molecular weight is 698 g/mol. The van der Waals surface area contributed by atoms with Gasteiger partial charge < -0.3 is 10.0 Å². The summed E-state index contributed by atoms with van der Waals surface area (Å²) in [5.41, 5.74) is 4.11. The molecule has 2 aliphatic rings. The van der Waals surface area contributed by atoms with Gasteiger partial charge in [0.15, 0.2) is 0 Å². The monoisotopic (exact) mass is 697 g/mol. The quantitative estimate of drug-likeness (QED) is 0.178. The Morgan fingerprint density at radius 3 is 2.32 bits per heavy atom. The fourth-order valence-electron chi connectivity index (χ4n) is 7.40. The van der Waals surface area contributed by atoms with Gasteiger partial charge in [-0.25, -0.2) is 4.79 Å². The molecule has 0 bridgehead atoms. The highest BCUT2D eigenvalue weighted by Crippen LogP contribution is 2.50. The van der Waals surface area contributed by atoms with Crippen molar-refractivity contribution >= 4 is 72.2 Å². The molecule has 0 fully saturated rings. The highest BCUT2D eigenvalue weighted by molar-refractivity contribution is 8.03. The first-order valence-electron chi connectivity index (χ1n) is 16.9. The largest absolute Gasteiger partial charge is 0.494 e. The number of benzene rings is 4. The molecule has 6 aromatic rings. The van der Waals surface area contributed by atoms with E-state index in [1.807, 2.05) is 0 Å². The lowest BCUT2D eigenvalue weighted by atomic mass is 9.99. The summed E-state index contributed by atoms with van der Waals surface area (Å²) in [6.07, 6.45) is 9.85. The molecule has 4 aromatic carbocycles. The van der Waals surface area contributed by atoms with Crippen LogP contribution in [0, 0.1) is 0 Å². The molecule has 250 valence electrons. The highest BCUT2D eigenvalue weighted by Gasteiger charge is 2.29. The third kappa shape index (κ3) is 5.06. The Balaban J connectivity index is 1.27. The molecule has 8 rings (SSSR count). The van der Waals surface area contributed by atoms with E-state index in [4.69, 9.17) is 0 Å². The molecule has 0 amide bonds. The average Bonchev–Trinajstić information content (AvgIpc) is 3.84. The van der Waals surface area contributed by atoms with Crippen molar-refractivity contribution in [2.45, 2.75) is 38.1 Å². The third-order valence-corrected chi connectivity index (χ3v) is 12.1. The summed E-state index contributed by atoms with van der Waals surface area (Å²) < 4.78 is 5.78. The van der Waals surface area contributed by atoms with Gasteiger partial charge >= 0.3 is 5.69 Å². The molecular formula is C41H37N4O3S2+. The predicted octanol–water partition coefficient (Wildman–Crippen LogP) is 8.28. The van der Waals surface area contributed by atoms with Gasteiger partial charge in [-0.15, -0.1) is 0 Å². The fraction of sp³-hybridized carbons (Fsp3) is 0.195. The number of hydrogen-bond donors (Lipinski definition) is 1. The Labute approximate surface area is 298 Å². The maximum Gasteiger partial charge on any atom is 0.333 e. The van der Waals surface area contributed by atoms with Gasteiger partial charge in [0.2, 0.25) is 11.4 Å². The molecule has 9 heteroatoms. The van der Waals surface area contributed by atoms with E-state index in [9.17, 15) is 14.7 Å². The molecule has 0 saturated carbocycles. The van der Waals surface area contributed by atoms with Crippen LogP contribution in [0.3, 0.4) is 0 Å². The van der Waals surface area contributed by atoms with E-state index >= 15 is 0 Å². The molecule has 0 unspecified atom stereocenters. The summed E-state index contributed by atoms with van der Waals surface area (Å²) in [5.74, 6) is -0.319. The Morgan fingerprint density at radius 2 is 1.56 bits per heavy atom. The van der Waals surface area contributed by atoms with Gasteiger partial charge in [0.1, 0.15) is 16.8 Å². The van der Waals surface area contributed by atoms with Crippen LogP contribution in [0.5, 0.6) is 5.88 Å². The Bertz CT molecular complexity index is 2640. The number of thiazole rings is 1. The smallest absolute Gasteiger partial charge is 0.333 e. The Kier molecular flexibility index (Phi) is 8.12. The van der Waals surface area contributed by atoms with Gasteiger partial charge in [-0.05, 0) is 78.5 Å².